The fraction of sp³-hybridized carbons (Fsp3) is 0.154. The summed E-state index contributed by atoms with van der Waals surface area (Å²) in [4.78, 5) is 4.08. The van der Waals surface area contributed by atoms with Crippen molar-refractivity contribution in [3.63, 3.8) is 0 Å². The van der Waals surface area contributed by atoms with Crippen LogP contribution in [0.5, 0.6) is 5.75 Å². The highest BCUT2D eigenvalue weighted by molar-refractivity contribution is 6.33. The van der Waals surface area contributed by atoms with E-state index in [0.717, 1.165) is 16.9 Å². The van der Waals surface area contributed by atoms with Crippen molar-refractivity contribution >= 4 is 17.3 Å². The summed E-state index contributed by atoms with van der Waals surface area (Å²) in [5.41, 5.74) is 2.86. The number of aromatic nitrogens is 1. The Hall–Kier alpha value is -1.74. The van der Waals surface area contributed by atoms with Crippen LogP contribution in [0.3, 0.4) is 0 Å². The molecule has 0 unspecified atom stereocenters. The van der Waals surface area contributed by atoms with E-state index in [0.29, 0.717) is 11.6 Å². The molecule has 0 radical (unpaired) electrons. The summed E-state index contributed by atoms with van der Waals surface area (Å²) in [6, 6.07) is 9.23. The molecule has 0 aliphatic heterocycles. The van der Waals surface area contributed by atoms with E-state index in [1.54, 1.807) is 12.1 Å². The Balaban J connectivity index is 2.04. The van der Waals surface area contributed by atoms with Crippen molar-refractivity contribution in [3.05, 3.63) is 52.8 Å². The minimum Gasteiger partial charge on any atom is -0.506 e. The molecule has 2 rings (SSSR count). The van der Waals surface area contributed by atoms with Crippen LogP contribution in [0.15, 0.2) is 36.5 Å². The van der Waals surface area contributed by atoms with Crippen molar-refractivity contribution < 1.29 is 5.11 Å². The minimum atomic E-state index is 0.169. The molecule has 1 heterocycles. The largest absolute Gasteiger partial charge is 0.506 e. The second kappa shape index (κ2) is 5.06. The van der Waals surface area contributed by atoms with Gasteiger partial charge >= 0.3 is 0 Å². The quantitative estimate of drug-likeness (QED) is 0.876. The number of hydrogen-bond acceptors (Lipinski definition) is 3. The van der Waals surface area contributed by atoms with Gasteiger partial charge in [-0.25, -0.2) is 0 Å². The van der Waals surface area contributed by atoms with Gasteiger partial charge in [-0.2, -0.15) is 0 Å². The number of pyridine rings is 1. The predicted molar refractivity (Wildman–Crippen MR) is 69.4 cm³/mol. The first-order valence-corrected chi connectivity index (χ1v) is 5.67. The third-order valence-corrected chi connectivity index (χ3v) is 2.71. The molecular weight excluding hydrogens is 236 g/mol. The van der Waals surface area contributed by atoms with Crippen molar-refractivity contribution in [2.75, 3.05) is 5.32 Å². The number of aromatic hydroxyl groups is 1. The number of nitrogens with zero attached hydrogens (tertiary/aromatic N) is 1. The van der Waals surface area contributed by atoms with Crippen LogP contribution < -0.4 is 5.32 Å². The maximum Gasteiger partial charge on any atom is 0.133 e. The first-order chi connectivity index (χ1) is 8.15. The lowest BCUT2D eigenvalue weighted by molar-refractivity contribution is 0.472. The van der Waals surface area contributed by atoms with Gasteiger partial charge in [-0.3, -0.25) is 4.98 Å². The fourth-order valence-electron chi connectivity index (χ4n) is 1.47. The van der Waals surface area contributed by atoms with Crippen LogP contribution in [0.25, 0.3) is 0 Å². The van der Waals surface area contributed by atoms with Crippen LogP contribution in [-0.4, -0.2) is 10.1 Å². The Labute approximate surface area is 105 Å². The Morgan fingerprint density at radius 2 is 2.12 bits per heavy atom. The van der Waals surface area contributed by atoms with Crippen molar-refractivity contribution in [3.8, 4) is 5.75 Å². The zero-order valence-corrected chi connectivity index (χ0v) is 10.2. The Kier molecular flexibility index (Phi) is 3.49. The second-order valence-electron chi connectivity index (χ2n) is 3.84. The van der Waals surface area contributed by atoms with E-state index >= 15 is 0 Å². The average Bonchev–Trinajstić information content (AvgIpc) is 2.30. The van der Waals surface area contributed by atoms with Gasteiger partial charge in [0, 0.05) is 0 Å². The van der Waals surface area contributed by atoms with Crippen LogP contribution >= 0.6 is 11.6 Å². The van der Waals surface area contributed by atoms with Crippen molar-refractivity contribution in [2.24, 2.45) is 0 Å². The number of benzene rings is 1. The van der Waals surface area contributed by atoms with Gasteiger partial charge in [-0.1, -0.05) is 17.7 Å². The predicted octanol–water partition coefficient (Wildman–Crippen LogP) is 3.36. The van der Waals surface area contributed by atoms with Gasteiger partial charge in [0.2, 0.25) is 0 Å². The Morgan fingerprint density at radius 1 is 1.29 bits per heavy atom. The molecule has 0 spiro atoms. The van der Waals surface area contributed by atoms with Crippen LogP contribution in [-0.2, 0) is 6.54 Å². The summed E-state index contributed by atoms with van der Waals surface area (Å²) in [6.45, 7) is 2.57. The standard InChI is InChI=1S/C13H13ClN2O/c1-9-2-5-13(12(14)6-9)16-7-10-3-4-11(17)8-15-10/h2-6,8,16-17H,7H2,1H3. The average molecular weight is 249 g/mol. The number of halogens is 1. The molecule has 0 aliphatic rings. The van der Waals surface area contributed by atoms with Crippen molar-refractivity contribution in [1.29, 1.82) is 0 Å². The maximum atomic E-state index is 9.11. The SMILES string of the molecule is Cc1ccc(NCc2ccc(O)cn2)c(Cl)c1. The second-order valence-corrected chi connectivity index (χ2v) is 4.25. The molecule has 2 aromatic rings. The summed E-state index contributed by atoms with van der Waals surface area (Å²) in [5, 5.41) is 13.0. The third kappa shape index (κ3) is 3.11. The van der Waals surface area contributed by atoms with Gasteiger partial charge in [0.05, 0.1) is 29.1 Å². The number of nitrogens with one attached hydrogen (secondary N) is 1. The first-order valence-electron chi connectivity index (χ1n) is 5.29. The molecule has 0 atom stereocenters. The molecule has 1 aromatic carbocycles. The Morgan fingerprint density at radius 3 is 2.76 bits per heavy atom. The highest BCUT2D eigenvalue weighted by Crippen LogP contribution is 2.23. The summed E-state index contributed by atoms with van der Waals surface area (Å²) in [6.07, 6.45) is 1.42. The summed E-state index contributed by atoms with van der Waals surface area (Å²) < 4.78 is 0. The first kappa shape index (κ1) is 11.7. The normalized spacial score (nSPS) is 10.2. The lowest BCUT2D eigenvalue weighted by Crippen LogP contribution is -2.01. The van der Waals surface area contributed by atoms with E-state index in [2.05, 4.69) is 10.3 Å². The maximum absolute atomic E-state index is 9.11. The molecule has 2 N–H and O–H groups in total. The number of rotatable bonds is 3. The van der Waals surface area contributed by atoms with Gasteiger partial charge < -0.3 is 10.4 Å². The Bertz CT molecular complexity index is 511. The van der Waals surface area contributed by atoms with E-state index in [9.17, 15) is 0 Å². The summed E-state index contributed by atoms with van der Waals surface area (Å²) in [7, 11) is 0. The zero-order valence-electron chi connectivity index (χ0n) is 9.44. The molecule has 0 amide bonds. The van der Waals surface area contributed by atoms with Crippen molar-refractivity contribution in [1.82, 2.24) is 4.98 Å². The number of hydrogen-bond donors (Lipinski definition) is 2. The fourth-order valence-corrected chi connectivity index (χ4v) is 1.77. The molecular formula is C13H13ClN2O. The highest BCUT2D eigenvalue weighted by atomic mass is 35.5. The number of aryl methyl sites for hydroxylation is 1. The van der Waals surface area contributed by atoms with Gasteiger partial charge in [0.25, 0.3) is 0 Å². The lowest BCUT2D eigenvalue weighted by atomic mass is 10.2. The molecule has 4 heteroatoms. The smallest absolute Gasteiger partial charge is 0.133 e. The molecule has 0 bridgehead atoms. The third-order valence-electron chi connectivity index (χ3n) is 2.39. The monoisotopic (exact) mass is 248 g/mol. The number of anilines is 1. The summed E-state index contributed by atoms with van der Waals surface area (Å²) >= 11 is 6.10. The van der Waals surface area contributed by atoms with Crippen LogP contribution in [0, 0.1) is 6.92 Å². The topological polar surface area (TPSA) is 45.1 Å². The van der Waals surface area contributed by atoms with E-state index in [-0.39, 0.29) is 5.75 Å². The van der Waals surface area contributed by atoms with Crippen LogP contribution in [0.2, 0.25) is 5.02 Å². The van der Waals surface area contributed by atoms with Gasteiger partial charge in [-0.15, -0.1) is 0 Å². The van der Waals surface area contributed by atoms with Gasteiger partial charge in [0.1, 0.15) is 5.75 Å². The molecule has 1 aromatic heterocycles. The van der Waals surface area contributed by atoms with Gasteiger partial charge in [0.15, 0.2) is 0 Å². The van der Waals surface area contributed by atoms with Crippen molar-refractivity contribution in [2.45, 2.75) is 13.5 Å². The molecule has 0 saturated heterocycles. The summed E-state index contributed by atoms with van der Waals surface area (Å²) in [5.74, 6) is 0.169. The van der Waals surface area contributed by atoms with E-state index in [1.807, 2.05) is 25.1 Å². The zero-order chi connectivity index (χ0) is 12.3. The minimum absolute atomic E-state index is 0.169. The molecule has 88 valence electrons. The van der Waals surface area contributed by atoms with E-state index in [1.165, 1.54) is 6.20 Å². The van der Waals surface area contributed by atoms with Gasteiger partial charge in [-0.05, 0) is 36.8 Å². The molecule has 0 saturated carbocycles. The molecule has 0 aliphatic carbocycles. The van der Waals surface area contributed by atoms with Crippen LogP contribution in [0.4, 0.5) is 5.69 Å². The van der Waals surface area contributed by atoms with Crippen LogP contribution in [0.1, 0.15) is 11.3 Å². The molecule has 0 fully saturated rings. The molecule has 3 nitrogen and oxygen atoms in total. The highest BCUT2D eigenvalue weighted by Gasteiger charge is 2.00. The lowest BCUT2D eigenvalue weighted by Gasteiger charge is -2.08. The van der Waals surface area contributed by atoms with E-state index in [4.69, 9.17) is 16.7 Å². The van der Waals surface area contributed by atoms with E-state index < -0.39 is 0 Å². The molecule has 17 heavy (non-hydrogen) atoms.